The van der Waals surface area contributed by atoms with Crippen LogP contribution in [0, 0.1) is 18.7 Å². The highest BCUT2D eigenvalue weighted by atomic mass is 32.1. The Morgan fingerprint density at radius 2 is 1.68 bits per heavy atom. The van der Waals surface area contributed by atoms with Gasteiger partial charge in [-0.1, -0.05) is 112 Å². The molecule has 0 radical (unpaired) electrons. The summed E-state index contributed by atoms with van der Waals surface area (Å²) in [7, 11) is 0. The number of anilines is 3. The number of allylic oxidation sites excluding steroid dienone is 1. The molecule has 5 aliphatic rings. The number of likely N-dealkylation sites (tertiary alicyclic amines) is 1. The summed E-state index contributed by atoms with van der Waals surface area (Å²) in [6, 6.07) is 28.9. The number of hydrogen-bond acceptors (Lipinski definition) is 10. The molecule has 2 N–H and O–H groups in total. The van der Waals surface area contributed by atoms with E-state index in [4.69, 9.17) is 9.97 Å². The van der Waals surface area contributed by atoms with E-state index in [1.54, 1.807) is 22.3 Å². The van der Waals surface area contributed by atoms with Crippen LogP contribution in [0.15, 0.2) is 141 Å². The summed E-state index contributed by atoms with van der Waals surface area (Å²) in [5.74, 6) is 1.19. The van der Waals surface area contributed by atoms with Crippen molar-refractivity contribution in [2.24, 2.45) is 5.92 Å². The molecule has 5 aliphatic heterocycles. The minimum absolute atomic E-state index is 0.149. The number of carbonyl (C=O) groups excluding carboxylic acids is 1. The zero-order chi connectivity index (χ0) is 53.3. The molecule has 11 rings (SSSR count). The van der Waals surface area contributed by atoms with Gasteiger partial charge in [-0.05, 0) is 141 Å². The molecule has 2 unspecified atom stereocenters. The van der Waals surface area contributed by atoms with E-state index in [1.165, 1.54) is 72.4 Å². The van der Waals surface area contributed by atoms with Gasteiger partial charge in [-0.3, -0.25) is 14.6 Å². The van der Waals surface area contributed by atoms with Crippen molar-refractivity contribution in [2.45, 2.75) is 83.7 Å². The van der Waals surface area contributed by atoms with Gasteiger partial charge in [0.05, 0.1) is 33.2 Å². The molecule has 7 heterocycles. The Bertz CT molecular complexity index is 3300. The average molecular weight is 1050 g/mol. The third-order valence-corrected chi connectivity index (χ3v) is 17.8. The quantitative estimate of drug-likeness (QED) is 0.0868. The normalized spacial score (nSPS) is 18.9. The number of halogens is 1. The van der Waals surface area contributed by atoms with Crippen LogP contribution in [0.5, 0.6) is 0 Å². The van der Waals surface area contributed by atoms with Crippen molar-refractivity contribution in [1.82, 2.24) is 30.0 Å². The first-order chi connectivity index (χ1) is 37.4. The molecular weight excluding hydrogens is 974 g/mol. The number of thiazole rings is 1. The van der Waals surface area contributed by atoms with E-state index in [-0.39, 0.29) is 17.8 Å². The number of aryl methyl sites for hydroxylation is 1. The largest absolute Gasteiger partial charge is 0.371 e. The maximum absolute atomic E-state index is 15.8. The second-order valence-corrected chi connectivity index (χ2v) is 22.8. The van der Waals surface area contributed by atoms with Crippen LogP contribution in [0.25, 0.3) is 38.8 Å². The summed E-state index contributed by atoms with van der Waals surface area (Å²) >= 11 is 1.65. The predicted molar refractivity (Wildman–Crippen MR) is 318 cm³/mol. The maximum Gasteiger partial charge on any atom is 0.259 e. The van der Waals surface area contributed by atoms with Gasteiger partial charge in [0, 0.05) is 97.5 Å². The molecule has 6 aromatic rings. The van der Waals surface area contributed by atoms with Crippen molar-refractivity contribution in [2.75, 3.05) is 67.5 Å². The third-order valence-electron chi connectivity index (χ3n) is 16.9. The summed E-state index contributed by atoms with van der Waals surface area (Å²) in [5.41, 5.74) is 16.4. The van der Waals surface area contributed by atoms with Crippen molar-refractivity contribution in [3.05, 3.63) is 192 Å². The number of amides is 1. The molecule has 0 spiro atoms. The Morgan fingerprint density at radius 1 is 0.844 bits per heavy atom. The van der Waals surface area contributed by atoms with Crippen molar-refractivity contribution in [1.29, 1.82) is 0 Å². The zero-order valence-electron chi connectivity index (χ0n) is 44.8. The van der Waals surface area contributed by atoms with Crippen LogP contribution in [0.4, 0.5) is 21.0 Å². The van der Waals surface area contributed by atoms with E-state index < -0.39 is 0 Å². The van der Waals surface area contributed by atoms with Gasteiger partial charge in [-0.2, -0.15) is 0 Å². The number of nitrogens with zero attached hydrogens (tertiary/aromatic N) is 7. The number of para-hydroxylation sites is 1. The van der Waals surface area contributed by atoms with Crippen LogP contribution in [0.3, 0.4) is 0 Å². The number of pyridine rings is 1. The lowest BCUT2D eigenvalue weighted by Gasteiger charge is -2.40. The van der Waals surface area contributed by atoms with E-state index in [0.717, 1.165) is 126 Å². The van der Waals surface area contributed by atoms with Crippen molar-refractivity contribution < 1.29 is 9.18 Å². The molecule has 3 saturated heterocycles. The second kappa shape index (κ2) is 22.4. The number of benzene rings is 4. The van der Waals surface area contributed by atoms with Crippen LogP contribution in [-0.2, 0) is 19.4 Å². The van der Waals surface area contributed by atoms with Crippen molar-refractivity contribution in [3.63, 3.8) is 0 Å². The van der Waals surface area contributed by atoms with Crippen LogP contribution in [-0.4, -0.2) is 89.0 Å². The van der Waals surface area contributed by atoms with Gasteiger partial charge in [0.1, 0.15) is 11.6 Å². The van der Waals surface area contributed by atoms with E-state index in [0.29, 0.717) is 47.9 Å². The minimum Gasteiger partial charge on any atom is -0.371 e. The molecule has 77 heavy (non-hydrogen) atoms. The number of aromatic nitrogens is 2. The molecular formula is C65H72FN9OS. The highest BCUT2D eigenvalue weighted by molar-refractivity contribution is 7.22. The summed E-state index contributed by atoms with van der Waals surface area (Å²) in [4.78, 5) is 34.9. The van der Waals surface area contributed by atoms with Gasteiger partial charge >= 0.3 is 0 Å². The number of carbonyl (C=O) groups is 1. The summed E-state index contributed by atoms with van der Waals surface area (Å²) in [5, 5.41) is 7.57. The SMILES string of the molecule is C=Cc1nc(N2CCc3cccc(C(=C)Nc4nc5ccccc5s4)c3C2)ccc1-c1cccc(CCCCCC2CCCN(CC(=C)N3CCN(c4cc5c(cc4F)C(=C)N(C4CCC(=C)NC4=C)C5=O)CC3)C2)c1C. The van der Waals surface area contributed by atoms with Gasteiger partial charge in [0.25, 0.3) is 5.91 Å². The molecule has 1 amide bonds. The molecule has 4 aromatic carbocycles. The molecule has 396 valence electrons. The number of rotatable bonds is 17. The molecule has 3 fully saturated rings. The summed E-state index contributed by atoms with van der Waals surface area (Å²) < 4.78 is 17.0. The van der Waals surface area contributed by atoms with Crippen LogP contribution in [0.1, 0.15) is 101 Å². The standard InChI is InChI=1S/C65H72FN9OS/c1-8-58-53(27-29-63(69-58)74-32-30-50-21-15-23-52(56(50)41-74)45(5)68-65-70-59-24-12-13-25-62(59)77-65)51-22-14-20-49(44(51)4)19-11-9-10-17-48-18-16-31-71(40-48)39-43(3)72-33-35-73(36-34-72)61-38-55-54(37-57(61)66)47(7)75(64(55)76)60-28-26-42(2)67-46(60)6/h8,12-15,20-25,27,29,37-38,48,60,67H,1-3,5-7,9-11,16-19,26,28,30-36,39-41H2,4H3,(H,68,70). The van der Waals surface area contributed by atoms with E-state index >= 15 is 4.39 Å². The van der Waals surface area contributed by atoms with E-state index in [9.17, 15) is 4.79 Å². The number of piperazine rings is 1. The molecule has 0 bridgehead atoms. The van der Waals surface area contributed by atoms with Crippen LogP contribution >= 0.6 is 11.3 Å². The number of hydrogen-bond donors (Lipinski definition) is 2. The minimum atomic E-state index is -0.323. The fourth-order valence-electron chi connectivity index (χ4n) is 12.6. The van der Waals surface area contributed by atoms with E-state index in [1.807, 2.05) is 24.3 Å². The number of piperidine rings is 2. The topological polar surface area (TPSA) is 83.1 Å². The lowest BCUT2D eigenvalue weighted by Crippen LogP contribution is -2.48. The predicted octanol–water partition coefficient (Wildman–Crippen LogP) is 13.5. The Balaban J connectivity index is 0.637. The van der Waals surface area contributed by atoms with Crippen molar-refractivity contribution >= 4 is 61.6 Å². The number of fused-ring (bicyclic) bond motifs is 3. The van der Waals surface area contributed by atoms with Crippen LogP contribution < -0.4 is 20.4 Å². The smallest absolute Gasteiger partial charge is 0.259 e. The Morgan fingerprint density at radius 3 is 2.49 bits per heavy atom. The first kappa shape index (κ1) is 51.8. The monoisotopic (exact) mass is 1050 g/mol. The molecule has 0 aliphatic carbocycles. The zero-order valence-corrected chi connectivity index (χ0v) is 45.6. The molecule has 10 nitrogen and oxygen atoms in total. The lowest BCUT2D eigenvalue weighted by molar-refractivity contribution is 0.0809. The van der Waals surface area contributed by atoms with E-state index in [2.05, 4.69) is 131 Å². The van der Waals surface area contributed by atoms with Gasteiger partial charge in [-0.15, -0.1) is 0 Å². The maximum atomic E-state index is 15.8. The highest BCUT2D eigenvalue weighted by Gasteiger charge is 2.40. The Labute approximate surface area is 458 Å². The summed E-state index contributed by atoms with van der Waals surface area (Å²) in [6.07, 6.45) is 12.7. The Kier molecular flexibility index (Phi) is 15.0. The van der Waals surface area contributed by atoms with Gasteiger partial charge in [-0.25, -0.2) is 14.4 Å². The fraction of sp³-hybridized carbons (Fsp3) is 0.338. The lowest BCUT2D eigenvalue weighted by atomic mass is 9.90. The first-order valence-electron chi connectivity index (χ1n) is 27.7. The number of nitrogens with one attached hydrogen (secondary N) is 2. The second-order valence-electron chi connectivity index (χ2n) is 21.8. The molecule has 2 aromatic heterocycles. The highest BCUT2D eigenvalue weighted by Crippen LogP contribution is 2.41. The summed E-state index contributed by atoms with van der Waals surface area (Å²) in [6.45, 7) is 35.4. The molecule has 0 saturated carbocycles. The van der Waals surface area contributed by atoms with Crippen LogP contribution in [0.2, 0.25) is 0 Å². The fourth-order valence-corrected chi connectivity index (χ4v) is 13.5. The van der Waals surface area contributed by atoms with Crippen molar-refractivity contribution in [3.8, 4) is 11.1 Å². The molecule has 12 heteroatoms. The van der Waals surface area contributed by atoms with Gasteiger partial charge in [0.15, 0.2) is 5.13 Å². The molecule has 2 atom stereocenters. The van der Waals surface area contributed by atoms with Gasteiger partial charge < -0.3 is 25.3 Å². The average Bonchev–Trinajstić information content (AvgIpc) is 4.08. The third kappa shape index (κ3) is 10.7. The van der Waals surface area contributed by atoms with Gasteiger partial charge in [0.2, 0.25) is 0 Å². The Hall–Kier alpha value is -7.28. The number of unbranched alkanes of at least 4 members (excludes halogenated alkanes) is 2. The first-order valence-corrected chi connectivity index (χ1v) is 28.5.